The summed E-state index contributed by atoms with van der Waals surface area (Å²) < 4.78 is 113. The summed E-state index contributed by atoms with van der Waals surface area (Å²) >= 11 is 3.35. The molecular weight excluding hydrogens is 545 g/mol. The van der Waals surface area contributed by atoms with Gasteiger partial charge < -0.3 is 0 Å². The summed E-state index contributed by atoms with van der Waals surface area (Å²) in [6, 6.07) is 0. The fraction of sp³-hybridized carbons (Fsp3) is 1.00. The number of alkyl halides is 11. The normalized spacial score (nSPS) is 16.1. The van der Waals surface area contributed by atoms with Gasteiger partial charge in [-0.3, -0.25) is 0 Å². The Morgan fingerprint density at radius 3 is 1.62 bits per heavy atom. The smallest absolute Gasteiger partial charge is 0.200 e. The average Bonchev–Trinajstić information content (AvgIpc) is 2.26. The molecule has 0 spiro atoms. The molecule has 0 fully saturated rings. The molecule has 0 aliphatic rings. The molecule has 0 aromatic rings. The predicted molar refractivity (Wildman–Crippen MR) is 76.1 cm³/mol. The fourth-order valence-electron chi connectivity index (χ4n) is 1.38. The minimum atomic E-state index is -6.79. The van der Waals surface area contributed by atoms with Crippen LogP contribution < -0.4 is 0 Å². The van der Waals surface area contributed by atoms with E-state index in [1.807, 2.05) is 22.6 Å². The van der Waals surface area contributed by atoms with E-state index < -0.39 is 34.3 Å². The summed E-state index contributed by atoms with van der Waals surface area (Å²) in [6.45, 7) is 0. The molecule has 0 aromatic heterocycles. The van der Waals surface area contributed by atoms with E-state index in [2.05, 4.69) is 0 Å². The lowest BCUT2D eigenvalue weighted by Crippen LogP contribution is -2.61. The SMILES string of the molecule is FC(F)(F)C(F)(F)C(F)(F)C(F)(F)CC(I)CCCCI. The lowest BCUT2D eigenvalue weighted by molar-refractivity contribution is -0.396. The van der Waals surface area contributed by atoms with Crippen molar-refractivity contribution in [2.75, 3.05) is 4.43 Å². The second-order valence-corrected chi connectivity index (χ2v) is 7.18. The van der Waals surface area contributed by atoms with Crippen molar-refractivity contribution in [1.82, 2.24) is 0 Å². The van der Waals surface area contributed by atoms with Crippen LogP contribution in [0.2, 0.25) is 0 Å². The second-order valence-electron chi connectivity index (χ2n) is 4.34. The average molecular weight is 556 g/mol. The number of rotatable bonds is 8. The number of hydrogen-bond donors (Lipinski definition) is 0. The van der Waals surface area contributed by atoms with Crippen molar-refractivity contribution in [3.63, 3.8) is 0 Å². The third-order valence-corrected chi connectivity index (χ3v) is 4.41. The van der Waals surface area contributed by atoms with Crippen molar-refractivity contribution in [2.45, 2.75) is 53.6 Å². The van der Waals surface area contributed by atoms with Gasteiger partial charge in [0.15, 0.2) is 0 Å². The lowest BCUT2D eigenvalue weighted by atomic mass is 9.98. The van der Waals surface area contributed by atoms with Crippen molar-refractivity contribution in [3.8, 4) is 0 Å². The van der Waals surface area contributed by atoms with Gasteiger partial charge in [0, 0.05) is 10.3 Å². The molecule has 0 heterocycles. The van der Waals surface area contributed by atoms with Gasteiger partial charge in [-0.2, -0.15) is 39.5 Å². The topological polar surface area (TPSA) is 0 Å². The van der Waals surface area contributed by atoms with Crippen LogP contribution in [0.5, 0.6) is 0 Å². The van der Waals surface area contributed by atoms with Crippen LogP contribution in [0.25, 0.3) is 0 Å². The monoisotopic (exact) mass is 556 g/mol. The van der Waals surface area contributed by atoms with Crippen molar-refractivity contribution in [2.24, 2.45) is 0 Å². The highest BCUT2D eigenvalue weighted by Gasteiger charge is 2.81. The highest BCUT2D eigenvalue weighted by Crippen LogP contribution is 2.54. The van der Waals surface area contributed by atoms with E-state index in [0.717, 1.165) is 0 Å². The predicted octanol–water partition coefficient (Wildman–Crippen LogP) is 6.25. The molecular formula is C10H11F9I2. The molecule has 0 saturated heterocycles. The van der Waals surface area contributed by atoms with Gasteiger partial charge in [0.05, 0.1) is 0 Å². The molecule has 1 unspecified atom stereocenters. The van der Waals surface area contributed by atoms with E-state index in [1.54, 1.807) is 0 Å². The minimum absolute atomic E-state index is 0.0345. The maximum absolute atomic E-state index is 13.3. The molecule has 128 valence electrons. The summed E-state index contributed by atoms with van der Waals surface area (Å²) in [7, 11) is 0. The van der Waals surface area contributed by atoms with Crippen LogP contribution in [0.1, 0.15) is 25.7 Å². The van der Waals surface area contributed by atoms with Gasteiger partial charge in [0.25, 0.3) is 0 Å². The van der Waals surface area contributed by atoms with E-state index in [0.29, 0.717) is 17.3 Å². The third kappa shape index (κ3) is 5.16. The van der Waals surface area contributed by atoms with Crippen LogP contribution >= 0.6 is 45.2 Å². The van der Waals surface area contributed by atoms with E-state index in [-0.39, 0.29) is 6.42 Å². The van der Waals surface area contributed by atoms with E-state index >= 15 is 0 Å². The molecule has 0 N–H and O–H groups in total. The molecule has 0 nitrogen and oxygen atoms in total. The molecule has 11 heteroatoms. The quantitative estimate of drug-likeness (QED) is 0.144. The van der Waals surface area contributed by atoms with Gasteiger partial charge in [0.2, 0.25) is 0 Å². The van der Waals surface area contributed by atoms with Gasteiger partial charge in [0.1, 0.15) is 0 Å². The summed E-state index contributed by atoms with van der Waals surface area (Å²) in [5, 5.41) is 0. The van der Waals surface area contributed by atoms with Crippen molar-refractivity contribution in [1.29, 1.82) is 0 Å². The van der Waals surface area contributed by atoms with Crippen LogP contribution in [-0.4, -0.2) is 32.3 Å². The minimum Gasteiger partial charge on any atom is -0.200 e. The summed E-state index contributed by atoms with van der Waals surface area (Å²) in [5.74, 6) is -18.7. The second kappa shape index (κ2) is 7.60. The Hall–Kier alpha value is 0.830. The van der Waals surface area contributed by atoms with Crippen LogP contribution in [0.4, 0.5) is 39.5 Å². The maximum atomic E-state index is 13.3. The molecule has 0 aromatic carbocycles. The highest BCUT2D eigenvalue weighted by molar-refractivity contribution is 14.1. The van der Waals surface area contributed by atoms with Gasteiger partial charge in [-0.15, -0.1) is 0 Å². The molecule has 0 saturated carbocycles. The first-order valence-corrected chi connectivity index (χ1v) is 8.38. The van der Waals surface area contributed by atoms with Crippen LogP contribution in [0.15, 0.2) is 0 Å². The van der Waals surface area contributed by atoms with Crippen molar-refractivity contribution >= 4 is 45.2 Å². The molecule has 0 radical (unpaired) electrons. The molecule has 0 aliphatic carbocycles. The molecule has 0 aliphatic heterocycles. The maximum Gasteiger partial charge on any atom is 0.460 e. The van der Waals surface area contributed by atoms with Gasteiger partial charge in [-0.25, -0.2) is 0 Å². The molecule has 21 heavy (non-hydrogen) atoms. The molecule has 0 amide bonds. The Morgan fingerprint density at radius 1 is 0.762 bits per heavy atom. The Labute approximate surface area is 142 Å². The molecule has 0 rings (SSSR count). The van der Waals surface area contributed by atoms with E-state index in [1.165, 1.54) is 22.6 Å². The summed E-state index contributed by atoms with van der Waals surface area (Å²) in [6.07, 6.45) is -7.45. The standard InChI is InChI=1S/C10H11F9I2/c11-7(12,5-6(21)3-1-2-4-20)8(13,14)9(15,16)10(17,18)19/h6H,1-5H2. The lowest BCUT2D eigenvalue weighted by Gasteiger charge is -2.34. The number of hydrogen-bond acceptors (Lipinski definition) is 0. The Morgan fingerprint density at radius 2 is 1.24 bits per heavy atom. The van der Waals surface area contributed by atoms with Gasteiger partial charge in [-0.1, -0.05) is 51.6 Å². The zero-order valence-electron chi connectivity index (χ0n) is 10.3. The zero-order valence-corrected chi connectivity index (χ0v) is 14.6. The first-order chi connectivity index (χ1) is 9.20. The van der Waals surface area contributed by atoms with Crippen LogP contribution in [-0.2, 0) is 0 Å². The van der Waals surface area contributed by atoms with Crippen LogP contribution in [0.3, 0.4) is 0 Å². The van der Waals surface area contributed by atoms with Gasteiger partial charge in [-0.05, 0) is 17.3 Å². The van der Waals surface area contributed by atoms with Crippen molar-refractivity contribution in [3.05, 3.63) is 0 Å². The number of halogens is 11. The van der Waals surface area contributed by atoms with E-state index in [4.69, 9.17) is 0 Å². The zero-order chi connectivity index (χ0) is 17.1. The fourth-order valence-corrected chi connectivity index (χ4v) is 2.91. The number of unbranched alkanes of at least 4 members (excludes halogenated alkanes) is 1. The largest absolute Gasteiger partial charge is 0.460 e. The first kappa shape index (κ1) is 21.8. The molecule has 0 bridgehead atoms. The highest BCUT2D eigenvalue weighted by atomic mass is 127. The Balaban J connectivity index is 5.03. The first-order valence-electron chi connectivity index (χ1n) is 5.61. The summed E-state index contributed by atoms with van der Waals surface area (Å²) in [4.78, 5) is 0. The van der Waals surface area contributed by atoms with Crippen molar-refractivity contribution < 1.29 is 39.5 Å². The summed E-state index contributed by atoms with van der Waals surface area (Å²) in [5.41, 5.74) is 0. The van der Waals surface area contributed by atoms with E-state index in [9.17, 15) is 39.5 Å². The molecule has 1 atom stereocenters. The third-order valence-electron chi connectivity index (χ3n) is 2.59. The van der Waals surface area contributed by atoms with Crippen LogP contribution in [0, 0.1) is 0 Å². The Kier molecular flexibility index (Phi) is 7.90. The Bertz CT molecular complexity index is 327. The van der Waals surface area contributed by atoms with Gasteiger partial charge >= 0.3 is 23.9 Å².